The van der Waals surface area contributed by atoms with Gasteiger partial charge in [-0.1, -0.05) is 12.1 Å². The molecule has 1 aromatic carbocycles. The maximum Gasteiger partial charge on any atom is 0.134 e. The van der Waals surface area contributed by atoms with Crippen LogP contribution in [0.15, 0.2) is 36.7 Å². The number of nitrogens with zero attached hydrogens (tertiary/aromatic N) is 3. The summed E-state index contributed by atoms with van der Waals surface area (Å²) in [6.45, 7) is 2.53. The van der Waals surface area contributed by atoms with Crippen LogP contribution in [0.3, 0.4) is 0 Å². The van der Waals surface area contributed by atoms with Crippen LogP contribution in [0.5, 0.6) is 0 Å². The molecule has 0 aliphatic carbocycles. The van der Waals surface area contributed by atoms with Crippen molar-refractivity contribution in [3.63, 3.8) is 0 Å². The van der Waals surface area contributed by atoms with E-state index in [1.165, 1.54) is 12.1 Å². The van der Waals surface area contributed by atoms with E-state index in [4.69, 9.17) is 0 Å². The van der Waals surface area contributed by atoms with Crippen molar-refractivity contribution in [2.75, 3.05) is 30.4 Å². The molecule has 2 N–H and O–H groups in total. The SMILES string of the molecule is CNC1CN(c2cc(NCc3ccc(F)cc3)ncn2)C1. The number of aromatic nitrogens is 2. The first-order chi connectivity index (χ1) is 10.2. The molecule has 0 spiro atoms. The number of rotatable bonds is 5. The molecule has 0 atom stereocenters. The van der Waals surface area contributed by atoms with Gasteiger partial charge in [-0.25, -0.2) is 14.4 Å². The first-order valence-electron chi connectivity index (χ1n) is 6.97. The highest BCUT2D eigenvalue weighted by Gasteiger charge is 2.26. The predicted octanol–water partition coefficient (Wildman–Crippen LogP) is 1.64. The molecular formula is C15H18FN5. The fourth-order valence-electron chi connectivity index (χ4n) is 2.26. The van der Waals surface area contributed by atoms with Crippen molar-refractivity contribution in [1.82, 2.24) is 15.3 Å². The second-order valence-electron chi connectivity index (χ2n) is 5.13. The molecule has 1 aliphatic heterocycles. The molecule has 6 heteroatoms. The summed E-state index contributed by atoms with van der Waals surface area (Å²) < 4.78 is 12.8. The van der Waals surface area contributed by atoms with E-state index in [0.717, 1.165) is 30.3 Å². The second-order valence-corrected chi connectivity index (χ2v) is 5.13. The van der Waals surface area contributed by atoms with Crippen molar-refractivity contribution in [2.24, 2.45) is 0 Å². The lowest BCUT2D eigenvalue weighted by atomic mass is 10.1. The van der Waals surface area contributed by atoms with E-state index in [9.17, 15) is 4.39 Å². The number of nitrogens with one attached hydrogen (secondary N) is 2. The summed E-state index contributed by atoms with van der Waals surface area (Å²) in [6.07, 6.45) is 1.56. The van der Waals surface area contributed by atoms with Crippen molar-refractivity contribution >= 4 is 11.6 Å². The van der Waals surface area contributed by atoms with Crippen LogP contribution in [-0.4, -0.2) is 36.1 Å². The molecular weight excluding hydrogens is 269 g/mol. The summed E-state index contributed by atoms with van der Waals surface area (Å²) in [5, 5.41) is 6.47. The summed E-state index contributed by atoms with van der Waals surface area (Å²) in [4.78, 5) is 10.7. The van der Waals surface area contributed by atoms with Crippen molar-refractivity contribution in [3.05, 3.63) is 48.0 Å². The van der Waals surface area contributed by atoms with E-state index in [1.54, 1.807) is 18.5 Å². The number of benzene rings is 1. The van der Waals surface area contributed by atoms with Crippen LogP contribution < -0.4 is 15.5 Å². The van der Waals surface area contributed by atoms with Crippen LogP contribution >= 0.6 is 0 Å². The Labute approximate surface area is 123 Å². The molecule has 3 rings (SSSR count). The van der Waals surface area contributed by atoms with E-state index in [0.29, 0.717) is 12.6 Å². The van der Waals surface area contributed by atoms with Gasteiger partial charge in [-0.05, 0) is 24.7 Å². The van der Waals surface area contributed by atoms with Crippen molar-refractivity contribution in [3.8, 4) is 0 Å². The second kappa shape index (κ2) is 6.05. The maximum atomic E-state index is 12.8. The quantitative estimate of drug-likeness (QED) is 0.875. The predicted molar refractivity (Wildman–Crippen MR) is 80.8 cm³/mol. The summed E-state index contributed by atoms with van der Waals surface area (Å²) >= 11 is 0. The Balaban J connectivity index is 1.60. The average Bonchev–Trinajstić information content (AvgIpc) is 2.46. The van der Waals surface area contributed by atoms with Gasteiger partial charge in [0, 0.05) is 31.7 Å². The third-order valence-corrected chi connectivity index (χ3v) is 3.65. The minimum absolute atomic E-state index is 0.222. The summed E-state index contributed by atoms with van der Waals surface area (Å²) in [7, 11) is 1.97. The lowest BCUT2D eigenvalue weighted by Gasteiger charge is -2.39. The van der Waals surface area contributed by atoms with Gasteiger partial charge < -0.3 is 15.5 Å². The standard InChI is InChI=1S/C15H18FN5/c1-17-13-8-21(9-13)15-6-14(19-10-20-15)18-7-11-2-4-12(16)5-3-11/h2-6,10,13,17H,7-9H2,1H3,(H,18,19,20). The number of anilines is 2. The molecule has 2 heterocycles. The Hall–Kier alpha value is -2.21. The molecule has 110 valence electrons. The molecule has 21 heavy (non-hydrogen) atoms. The van der Waals surface area contributed by atoms with Crippen molar-refractivity contribution < 1.29 is 4.39 Å². The zero-order valence-electron chi connectivity index (χ0n) is 11.9. The molecule has 1 saturated heterocycles. The van der Waals surface area contributed by atoms with Gasteiger partial charge >= 0.3 is 0 Å². The van der Waals surface area contributed by atoms with E-state index in [-0.39, 0.29) is 5.82 Å². The highest BCUT2D eigenvalue weighted by Crippen LogP contribution is 2.20. The minimum Gasteiger partial charge on any atom is -0.366 e. The van der Waals surface area contributed by atoms with E-state index in [1.807, 2.05) is 13.1 Å². The number of hydrogen-bond donors (Lipinski definition) is 2. The topological polar surface area (TPSA) is 53.1 Å². The van der Waals surface area contributed by atoms with E-state index < -0.39 is 0 Å². The fourth-order valence-corrected chi connectivity index (χ4v) is 2.26. The summed E-state index contributed by atoms with van der Waals surface area (Å²) in [5.41, 5.74) is 1.01. The molecule has 1 fully saturated rings. The zero-order chi connectivity index (χ0) is 14.7. The van der Waals surface area contributed by atoms with Gasteiger partial charge in [0.15, 0.2) is 0 Å². The van der Waals surface area contributed by atoms with Gasteiger partial charge in [-0.2, -0.15) is 0 Å². The molecule has 0 bridgehead atoms. The van der Waals surface area contributed by atoms with Gasteiger partial charge in [0.25, 0.3) is 0 Å². The first-order valence-corrected chi connectivity index (χ1v) is 6.97. The Bertz CT molecular complexity index is 595. The normalized spacial score (nSPS) is 14.9. The summed E-state index contributed by atoms with van der Waals surface area (Å²) in [6, 6.07) is 8.92. The van der Waals surface area contributed by atoms with E-state index >= 15 is 0 Å². The molecule has 1 aliphatic rings. The molecule has 0 radical (unpaired) electrons. The smallest absolute Gasteiger partial charge is 0.134 e. The molecule has 0 saturated carbocycles. The van der Waals surface area contributed by atoms with Gasteiger partial charge in [0.05, 0.1) is 0 Å². The molecule has 5 nitrogen and oxygen atoms in total. The van der Waals surface area contributed by atoms with Crippen LogP contribution in [0.2, 0.25) is 0 Å². The molecule has 1 aromatic heterocycles. The molecule has 0 amide bonds. The summed E-state index contributed by atoms with van der Waals surface area (Å²) in [5.74, 6) is 1.48. The fraction of sp³-hybridized carbons (Fsp3) is 0.333. The molecule has 2 aromatic rings. The Morgan fingerprint density at radius 3 is 2.71 bits per heavy atom. The Kier molecular flexibility index (Phi) is 3.96. The van der Waals surface area contributed by atoms with Crippen LogP contribution in [0.25, 0.3) is 0 Å². The Morgan fingerprint density at radius 2 is 2.00 bits per heavy atom. The third kappa shape index (κ3) is 3.28. The van der Waals surface area contributed by atoms with Gasteiger partial charge in [0.2, 0.25) is 0 Å². The van der Waals surface area contributed by atoms with E-state index in [2.05, 4.69) is 25.5 Å². The van der Waals surface area contributed by atoms with Crippen LogP contribution in [0.1, 0.15) is 5.56 Å². The number of likely N-dealkylation sites (N-methyl/N-ethyl adjacent to an activating group) is 1. The highest BCUT2D eigenvalue weighted by molar-refractivity contribution is 5.50. The maximum absolute atomic E-state index is 12.8. The third-order valence-electron chi connectivity index (χ3n) is 3.65. The first kappa shape index (κ1) is 13.8. The van der Waals surface area contributed by atoms with Crippen LogP contribution in [0, 0.1) is 5.82 Å². The lowest BCUT2D eigenvalue weighted by molar-refractivity contribution is 0.447. The molecule has 0 unspecified atom stereocenters. The monoisotopic (exact) mass is 287 g/mol. The van der Waals surface area contributed by atoms with Crippen LogP contribution in [-0.2, 0) is 6.54 Å². The minimum atomic E-state index is -0.222. The van der Waals surface area contributed by atoms with Crippen molar-refractivity contribution in [2.45, 2.75) is 12.6 Å². The van der Waals surface area contributed by atoms with Gasteiger partial charge in [-0.15, -0.1) is 0 Å². The van der Waals surface area contributed by atoms with Gasteiger partial charge in [0.1, 0.15) is 23.8 Å². The number of hydrogen-bond acceptors (Lipinski definition) is 5. The van der Waals surface area contributed by atoms with Crippen LogP contribution in [0.4, 0.5) is 16.0 Å². The largest absolute Gasteiger partial charge is 0.366 e. The zero-order valence-corrected chi connectivity index (χ0v) is 11.9. The van der Waals surface area contributed by atoms with Gasteiger partial charge in [-0.3, -0.25) is 0 Å². The highest BCUT2D eigenvalue weighted by atomic mass is 19.1. The number of halogens is 1. The lowest BCUT2D eigenvalue weighted by Crippen LogP contribution is -2.57. The average molecular weight is 287 g/mol. The Morgan fingerprint density at radius 1 is 1.24 bits per heavy atom. The van der Waals surface area contributed by atoms with Crippen molar-refractivity contribution in [1.29, 1.82) is 0 Å².